The molecule has 0 aliphatic rings. The minimum atomic E-state index is -1.000. The first-order valence-electron chi connectivity index (χ1n) is 5.02. The summed E-state index contributed by atoms with van der Waals surface area (Å²) in [6.07, 6.45) is 0. The molecule has 0 heterocycles. The van der Waals surface area contributed by atoms with Crippen LogP contribution >= 0.6 is 0 Å². The van der Waals surface area contributed by atoms with Gasteiger partial charge in [-0.25, -0.2) is 0 Å². The predicted octanol–water partition coefficient (Wildman–Crippen LogP) is 2.00. The van der Waals surface area contributed by atoms with Crippen molar-refractivity contribution in [1.29, 1.82) is 0 Å². The Labute approximate surface area is 98.0 Å². The number of ether oxygens (including phenoxy) is 1. The van der Waals surface area contributed by atoms with Crippen molar-refractivity contribution in [3.05, 3.63) is 33.9 Å². The highest BCUT2D eigenvalue weighted by Gasteiger charge is 2.18. The first kappa shape index (κ1) is 13.0. The SMILES string of the molecule is Cc1ccc([N+](=O)[O-])c(OCC(C)C(=O)O)c1. The van der Waals surface area contributed by atoms with Gasteiger partial charge in [0.15, 0.2) is 5.75 Å². The average molecular weight is 239 g/mol. The number of carbonyl (C=O) groups is 1. The molecule has 1 atom stereocenters. The molecule has 0 spiro atoms. The summed E-state index contributed by atoms with van der Waals surface area (Å²) in [5, 5.41) is 19.4. The zero-order valence-corrected chi connectivity index (χ0v) is 9.54. The zero-order chi connectivity index (χ0) is 13.0. The van der Waals surface area contributed by atoms with Crippen molar-refractivity contribution >= 4 is 11.7 Å². The molecule has 1 aromatic carbocycles. The van der Waals surface area contributed by atoms with Crippen molar-refractivity contribution in [2.24, 2.45) is 5.92 Å². The molecule has 0 saturated carbocycles. The Kier molecular flexibility index (Phi) is 4.03. The van der Waals surface area contributed by atoms with Gasteiger partial charge in [0.25, 0.3) is 0 Å². The number of nitrogens with zero attached hydrogens (tertiary/aromatic N) is 1. The number of nitro benzene ring substituents is 1. The molecular formula is C11H13NO5. The van der Waals surface area contributed by atoms with Gasteiger partial charge in [-0.1, -0.05) is 6.07 Å². The van der Waals surface area contributed by atoms with Crippen LogP contribution in [0.25, 0.3) is 0 Å². The van der Waals surface area contributed by atoms with E-state index in [1.165, 1.54) is 19.1 Å². The van der Waals surface area contributed by atoms with Crippen LogP contribution in [-0.4, -0.2) is 22.6 Å². The van der Waals surface area contributed by atoms with Crippen LogP contribution in [0.15, 0.2) is 18.2 Å². The molecule has 1 rings (SSSR count). The molecule has 0 fully saturated rings. The monoisotopic (exact) mass is 239 g/mol. The van der Waals surface area contributed by atoms with E-state index in [1.807, 2.05) is 0 Å². The summed E-state index contributed by atoms with van der Waals surface area (Å²) < 4.78 is 5.18. The van der Waals surface area contributed by atoms with Crippen LogP contribution in [0, 0.1) is 23.0 Å². The minimum Gasteiger partial charge on any atom is -0.486 e. The Morgan fingerprint density at radius 1 is 1.59 bits per heavy atom. The third-order valence-electron chi connectivity index (χ3n) is 2.22. The number of nitro groups is 1. The molecule has 0 aliphatic heterocycles. The molecule has 1 unspecified atom stereocenters. The maximum Gasteiger partial charge on any atom is 0.310 e. The van der Waals surface area contributed by atoms with E-state index in [1.54, 1.807) is 13.0 Å². The molecule has 92 valence electrons. The molecular weight excluding hydrogens is 226 g/mol. The van der Waals surface area contributed by atoms with Crippen LogP contribution in [0.1, 0.15) is 12.5 Å². The maximum absolute atomic E-state index is 10.7. The summed E-state index contributed by atoms with van der Waals surface area (Å²) in [7, 11) is 0. The number of carboxylic acids is 1. The molecule has 0 amide bonds. The molecule has 6 nitrogen and oxygen atoms in total. The summed E-state index contributed by atoms with van der Waals surface area (Å²) in [6, 6.07) is 4.47. The van der Waals surface area contributed by atoms with Crippen LogP contribution in [0.3, 0.4) is 0 Å². The molecule has 0 saturated heterocycles. The number of rotatable bonds is 5. The van der Waals surface area contributed by atoms with Crippen LogP contribution in [0.4, 0.5) is 5.69 Å². The molecule has 1 aromatic rings. The van der Waals surface area contributed by atoms with Crippen molar-refractivity contribution < 1.29 is 19.6 Å². The highest BCUT2D eigenvalue weighted by Crippen LogP contribution is 2.28. The first-order valence-corrected chi connectivity index (χ1v) is 5.02. The van der Waals surface area contributed by atoms with Crippen molar-refractivity contribution in [2.45, 2.75) is 13.8 Å². The largest absolute Gasteiger partial charge is 0.486 e. The second kappa shape index (κ2) is 5.29. The van der Waals surface area contributed by atoms with Gasteiger partial charge < -0.3 is 9.84 Å². The second-order valence-electron chi connectivity index (χ2n) is 3.78. The molecule has 6 heteroatoms. The van der Waals surface area contributed by atoms with E-state index in [0.29, 0.717) is 0 Å². The highest BCUT2D eigenvalue weighted by molar-refractivity contribution is 5.69. The van der Waals surface area contributed by atoms with E-state index in [9.17, 15) is 14.9 Å². The molecule has 0 radical (unpaired) electrons. The van der Waals surface area contributed by atoms with Gasteiger partial charge in [0.1, 0.15) is 6.61 Å². The summed E-state index contributed by atoms with van der Waals surface area (Å²) in [5.74, 6) is -1.61. The van der Waals surface area contributed by atoms with Crippen LogP contribution in [0.2, 0.25) is 0 Å². The Hall–Kier alpha value is -2.11. The van der Waals surface area contributed by atoms with E-state index >= 15 is 0 Å². The number of aliphatic carboxylic acids is 1. The maximum atomic E-state index is 10.7. The van der Waals surface area contributed by atoms with E-state index in [2.05, 4.69) is 0 Å². The van der Waals surface area contributed by atoms with Gasteiger partial charge in [-0.3, -0.25) is 14.9 Å². The van der Waals surface area contributed by atoms with Crippen molar-refractivity contribution in [1.82, 2.24) is 0 Å². The quantitative estimate of drug-likeness (QED) is 0.627. The third-order valence-corrected chi connectivity index (χ3v) is 2.22. The van der Waals surface area contributed by atoms with Gasteiger partial charge in [0.2, 0.25) is 0 Å². The summed E-state index contributed by atoms with van der Waals surface area (Å²) >= 11 is 0. The fourth-order valence-corrected chi connectivity index (χ4v) is 1.17. The third kappa shape index (κ3) is 3.44. The topological polar surface area (TPSA) is 89.7 Å². The molecule has 0 bridgehead atoms. The molecule has 0 aromatic heterocycles. The summed E-state index contributed by atoms with van der Waals surface area (Å²) in [4.78, 5) is 20.8. The van der Waals surface area contributed by atoms with Crippen molar-refractivity contribution in [3.63, 3.8) is 0 Å². The number of aryl methyl sites for hydroxylation is 1. The van der Waals surface area contributed by atoms with E-state index in [0.717, 1.165) is 5.56 Å². The van der Waals surface area contributed by atoms with Gasteiger partial charge in [0.05, 0.1) is 10.8 Å². The van der Waals surface area contributed by atoms with Crippen LogP contribution in [0.5, 0.6) is 5.75 Å². The van der Waals surface area contributed by atoms with Crippen molar-refractivity contribution in [2.75, 3.05) is 6.61 Å². The van der Waals surface area contributed by atoms with Crippen LogP contribution < -0.4 is 4.74 Å². The van der Waals surface area contributed by atoms with Crippen LogP contribution in [-0.2, 0) is 4.79 Å². The minimum absolute atomic E-state index is 0.0976. The number of carboxylic acid groups (broad SMARTS) is 1. The Balaban J connectivity index is 2.85. The van der Waals surface area contributed by atoms with Gasteiger partial charge >= 0.3 is 11.7 Å². The second-order valence-corrected chi connectivity index (χ2v) is 3.78. The van der Waals surface area contributed by atoms with Gasteiger partial charge in [-0.2, -0.15) is 0 Å². The smallest absolute Gasteiger partial charge is 0.310 e. The lowest BCUT2D eigenvalue weighted by atomic mass is 10.2. The lowest BCUT2D eigenvalue weighted by Gasteiger charge is -2.09. The standard InChI is InChI=1S/C11H13NO5/c1-7-3-4-9(12(15)16)10(5-7)17-6-8(2)11(13)14/h3-5,8H,6H2,1-2H3,(H,13,14). The van der Waals surface area contributed by atoms with E-state index in [4.69, 9.17) is 9.84 Å². The lowest BCUT2D eigenvalue weighted by Crippen LogP contribution is -2.18. The normalized spacial score (nSPS) is 11.9. The predicted molar refractivity (Wildman–Crippen MR) is 60.1 cm³/mol. The zero-order valence-electron chi connectivity index (χ0n) is 9.54. The Bertz CT molecular complexity index is 443. The summed E-state index contributed by atoms with van der Waals surface area (Å²) in [5.41, 5.74) is 0.654. The lowest BCUT2D eigenvalue weighted by molar-refractivity contribution is -0.385. The fraction of sp³-hybridized carbons (Fsp3) is 0.364. The highest BCUT2D eigenvalue weighted by atomic mass is 16.6. The van der Waals surface area contributed by atoms with E-state index < -0.39 is 16.8 Å². The molecule has 17 heavy (non-hydrogen) atoms. The summed E-state index contributed by atoms with van der Waals surface area (Å²) in [6.45, 7) is 3.15. The average Bonchev–Trinajstić information content (AvgIpc) is 2.25. The van der Waals surface area contributed by atoms with E-state index in [-0.39, 0.29) is 18.0 Å². The van der Waals surface area contributed by atoms with Crippen molar-refractivity contribution in [3.8, 4) is 5.75 Å². The van der Waals surface area contributed by atoms with Gasteiger partial charge in [-0.05, 0) is 25.5 Å². The fourth-order valence-electron chi connectivity index (χ4n) is 1.17. The number of hydrogen-bond acceptors (Lipinski definition) is 4. The Morgan fingerprint density at radius 3 is 2.76 bits per heavy atom. The first-order chi connectivity index (χ1) is 7.91. The molecule has 0 aliphatic carbocycles. The molecule has 1 N–H and O–H groups in total. The van der Waals surface area contributed by atoms with Gasteiger partial charge in [0, 0.05) is 6.07 Å². The number of hydrogen-bond donors (Lipinski definition) is 1. The number of benzene rings is 1. The Morgan fingerprint density at radius 2 is 2.24 bits per heavy atom. The van der Waals surface area contributed by atoms with Gasteiger partial charge in [-0.15, -0.1) is 0 Å².